The normalized spacial score (nSPS) is 12.5. The zero-order valence-corrected chi connectivity index (χ0v) is 14.0. The van der Waals surface area contributed by atoms with E-state index in [1.54, 1.807) is 61.5 Å². The lowest BCUT2D eigenvalue weighted by Gasteiger charge is -2.14. The lowest BCUT2D eigenvalue weighted by atomic mass is 10.1. The molecule has 128 valence electrons. The molecule has 2 aromatic rings. The molecular formula is C17H19NO5S. The SMILES string of the molecule is CC(Cc1ccc(OCC(=O)O)cc1)NS(=O)(=O)c1ccccc1. The highest BCUT2D eigenvalue weighted by molar-refractivity contribution is 7.89. The molecule has 2 rings (SSSR count). The Morgan fingerprint density at radius 2 is 1.75 bits per heavy atom. The van der Waals surface area contributed by atoms with Crippen molar-refractivity contribution < 1.29 is 23.1 Å². The van der Waals surface area contributed by atoms with Gasteiger partial charge in [-0.2, -0.15) is 0 Å². The van der Waals surface area contributed by atoms with Crippen LogP contribution in [0, 0.1) is 0 Å². The van der Waals surface area contributed by atoms with Crippen LogP contribution in [0.1, 0.15) is 12.5 Å². The van der Waals surface area contributed by atoms with Gasteiger partial charge in [0.1, 0.15) is 5.75 Å². The molecule has 0 bridgehead atoms. The van der Waals surface area contributed by atoms with Crippen molar-refractivity contribution in [2.75, 3.05) is 6.61 Å². The molecule has 0 aliphatic heterocycles. The summed E-state index contributed by atoms with van der Waals surface area (Å²) < 4.78 is 32.2. The number of aliphatic carboxylic acids is 1. The molecule has 1 atom stereocenters. The second kappa shape index (κ2) is 7.94. The van der Waals surface area contributed by atoms with Gasteiger partial charge in [0.15, 0.2) is 6.61 Å². The predicted molar refractivity (Wildman–Crippen MR) is 89.5 cm³/mol. The maximum Gasteiger partial charge on any atom is 0.341 e. The monoisotopic (exact) mass is 349 g/mol. The van der Waals surface area contributed by atoms with Gasteiger partial charge in [0.05, 0.1) is 4.90 Å². The Bertz CT molecular complexity index is 772. The number of nitrogens with one attached hydrogen (secondary N) is 1. The maximum atomic E-state index is 12.2. The van der Waals surface area contributed by atoms with Crippen molar-refractivity contribution in [1.29, 1.82) is 0 Å². The Kier molecular flexibility index (Phi) is 5.94. The van der Waals surface area contributed by atoms with E-state index < -0.39 is 22.6 Å². The van der Waals surface area contributed by atoms with Gasteiger partial charge in [0, 0.05) is 6.04 Å². The van der Waals surface area contributed by atoms with E-state index in [0.717, 1.165) is 5.56 Å². The summed E-state index contributed by atoms with van der Waals surface area (Å²) in [4.78, 5) is 10.7. The summed E-state index contributed by atoms with van der Waals surface area (Å²) in [6, 6.07) is 14.8. The van der Waals surface area contributed by atoms with E-state index >= 15 is 0 Å². The fourth-order valence-corrected chi connectivity index (χ4v) is 3.46. The number of sulfonamides is 1. The van der Waals surface area contributed by atoms with Gasteiger partial charge in [0.25, 0.3) is 0 Å². The Morgan fingerprint density at radius 3 is 2.33 bits per heavy atom. The molecule has 2 aromatic carbocycles. The van der Waals surface area contributed by atoms with E-state index in [1.165, 1.54) is 0 Å². The standard InChI is InChI=1S/C17H19NO5S/c1-13(18-24(21,22)16-5-3-2-4-6-16)11-14-7-9-15(10-8-14)23-12-17(19)20/h2-10,13,18H,11-12H2,1H3,(H,19,20). The van der Waals surface area contributed by atoms with Crippen molar-refractivity contribution in [3.63, 3.8) is 0 Å². The van der Waals surface area contributed by atoms with Crippen molar-refractivity contribution in [3.05, 3.63) is 60.2 Å². The fraction of sp³-hybridized carbons (Fsp3) is 0.235. The predicted octanol–water partition coefficient (Wildman–Crippen LogP) is 2.06. The van der Waals surface area contributed by atoms with Crippen molar-refractivity contribution in [1.82, 2.24) is 4.72 Å². The number of carboxylic acid groups (broad SMARTS) is 1. The Morgan fingerprint density at radius 1 is 1.12 bits per heavy atom. The Hall–Kier alpha value is -2.38. The second-order valence-corrected chi connectivity index (χ2v) is 7.08. The molecule has 0 saturated carbocycles. The van der Waals surface area contributed by atoms with Crippen LogP contribution in [-0.2, 0) is 21.2 Å². The minimum Gasteiger partial charge on any atom is -0.482 e. The first-order valence-electron chi connectivity index (χ1n) is 7.38. The van der Waals surface area contributed by atoms with Crippen LogP contribution in [0.2, 0.25) is 0 Å². The van der Waals surface area contributed by atoms with Crippen molar-refractivity contribution in [3.8, 4) is 5.75 Å². The van der Waals surface area contributed by atoms with Crippen LogP contribution >= 0.6 is 0 Å². The summed E-state index contributed by atoms with van der Waals surface area (Å²) in [6.45, 7) is 1.39. The van der Waals surface area contributed by atoms with Crippen LogP contribution in [0.4, 0.5) is 0 Å². The first kappa shape index (κ1) is 18.0. The average Bonchev–Trinajstić information content (AvgIpc) is 2.54. The van der Waals surface area contributed by atoms with Crippen molar-refractivity contribution in [2.24, 2.45) is 0 Å². The number of benzene rings is 2. The average molecular weight is 349 g/mol. The second-order valence-electron chi connectivity index (χ2n) is 5.37. The molecule has 1 unspecified atom stereocenters. The number of rotatable bonds is 8. The Balaban J connectivity index is 1.95. The van der Waals surface area contributed by atoms with E-state index in [4.69, 9.17) is 9.84 Å². The van der Waals surface area contributed by atoms with Crippen molar-refractivity contribution >= 4 is 16.0 Å². The topological polar surface area (TPSA) is 92.7 Å². The minimum absolute atomic E-state index is 0.231. The summed E-state index contributed by atoms with van der Waals surface area (Å²) in [5.41, 5.74) is 0.918. The molecule has 0 saturated heterocycles. The van der Waals surface area contributed by atoms with Gasteiger partial charge in [-0.05, 0) is 43.2 Å². The van der Waals surface area contributed by atoms with Crippen LogP contribution in [0.5, 0.6) is 5.75 Å². The van der Waals surface area contributed by atoms with E-state index in [-0.39, 0.29) is 10.9 Å². The van der Waals surface area contributed by atoms with E-state index in [1.807, 2.05) is 0 Å². The van der Waals surface area contributed by atoms with Gasteiger partial charge in [-0.1, -0.05) is 30.3 Å². The Labute approximate surface area is 141 Å². The zero-order valence-electron chi connectivity index (χ0n) is 13.2. The molecule has 0 aromatic heterocycles. The molecule has 0 amide bonds. The van der Waals surface area contributed by atoms with Gasteiger partial charge in [-0.3, -0.25) is 0 Å². The smallest absolute Gasteiger partial charge is 0.341 e. The van der Waals surface area contributed by atoms with Crippen molar-refractivity contribution in [2.45, 2.75) is 24.3 Å². The van der Waals surface area contributed by atoms with Gasteiger partial charge < -0.3 is 9.84 Å². The molecule has 0 spiro atoms. The van der Waals surface area contributed by atoms with Gasteiger partial charge in [-0.25, -0.2) is 17.9 Å². The maximum absolute atomic E-state index is 12.2. The third-order valence-corrected chi connectivity index (χ3v) is 4.84. The van der Waals surface area contributed by atoms with E-state index in [0.29, 0.717) is 12.2 Å². The molecular weight excluding hydrogens is 330 g/mol. The third kappa shape index (κ3) is 5.36. The zero-order chi connectivity index (χ0) is 17.6. The number of carbonyl (C=O) groups is 1. The number of ether oxygens (including phenoxy) is 1. The number of carboxylic acids is 1. The summed E-state index contributed by atoms with van der Waals surface area (Å²) in [5, 5.41) is 8.56. The molecule has 6 nitrogen and oxygen atoms in total. The first-order chi connectivity index (χ1) is 11.4. The molecule has 7 heteroatoms. The molecule has 0 aliphatic carbocycles. The van der Waals surface area contributed by atoms with Crippen LogP contribution in [0.15, 0.2) is 59.5 Å². The quantitative estimate of drug-likeness (QED) is 0.761. The summed E-state index contributed by atoms with van der Waals surface area (Å²) in [6.07, 6.45) is 0.505. The summed E-state index contributed by atoms with van der Waals surface area (Å²) in [5.74, 6) is -0.582. The molecule has 2 N–H and O–H groups in total. The largest absolute Gasteiger partial charge is 0.482 e. The van der Waals surface area contributed by atoms with Crippen LogP contribution in [0.3, 0.4) is 0 Å². The molecule has 0 fully saturated rings. The van der Waals surface area contributed by atoms with Crippen LogP contribution in [0.25, 0.3) is 0 Å². The number of hydrogen-bond donors (Lipinski definition) is 2. The highest BCUT2D eigenvalue weighted by atomic mass is 32.2. The van der Waals surface area contributed by atoms with Crippen LogP contribution in [-0.4, -0.2) is 32.1 Å². The lowest BCUT2D eigenvalue weighted by Crippen LogP contribution is -2.34. The van der Waals surface area contributed by atoms with Gasteiger partial charge in [-0.15, -0.1) is 0 Å². The van der Waals surface area contributed by atoms with E-state index in [2.05, 4.69) is 4.72 Å². The molecule has 0 aliphatic rings. The summed E-state index contributed by atoms with van der Waals surface area (Å²) in [7, 11) is -3.55. The third-order valence-electron chi connectivity index (χ3n) is 3.24. The molecule has 0 heterocycles. The fourth-order valence-electron chi connectivity index (χ4n) is 2.19. The highest BCUT2D eigenvalue weighted by Gasteiger charge is 2.17. The first-order valence-corrected chi connectivity index (χ1v) is 8.86. The molecule has 24 heavy (non-hydrogen) atoms. The highest BCUT2D eigenvalue weighted by Crippen LogP contribution is 2.14. The van der Waals surface area contributed by atoms with Crippen LogP contribution < -0.4 is 9.46 Å². The lowest BCUT2D eigenvalue weighted by molar-refractivity contribution is -0.139. The minimum atomic E-state index is -3.55. The van der Waals surface area contributed by atoms with Gasteiger partial charge >= 0.3 is 5.97 Å². The van der Waals surface area contributed by atoms with E-state index in [9.17, 15) is 13.2 Å². The van der Waals surface area contributed by atoms with Gasteiger partial charge in [0.2, 0.25) is 10.0 Å². The summed E-state index contributed by atoms with van der Waals surface area (Å²) >= 11 is 0. The number of hydrogen-bond acceptors (Lipinski definition) is 4. The molecule has 0 radical (unpaired) electrons.